The summed E-state index contributed by atoms with van der Waals surface area (Å²) in [7, 11) is 0. The van der Waals surface area contributed by atoms with Gasteiger partial charge in [-0.15, -0.1) is 0 Å². The fraction of sp³-hybridized carbons (Fsp3) is 0.143. The molecular formula is C14H11FN2O4. The van der Waals surface area contributed by atoms with Crippen LogP contribution in [0.25, 0.3) is 0 Å². The first-order valence-electron chi connectivity index (χ1n) is 6.20. The maximum absolute atomic E-state index is 13.2. The van der Waals surface area contributed by atoms with Crippen LogP contribution in [0.2, 0.25) is 0 Å². The third-order valence-corrected chi connectivity index (χ3v) is 3.08. The molecule has 6 nitrogen and oxygen atoms in total. The number of hydrogen-bond donors (Lipinski definition) is 1. The number of halogens is 1. The van der Waals surface area contributed by atoms with Crippen molar-refractivity contribution in [2.45, 2.75) is 6.54 Å². The Morgan fingerprint density at radius 1 is 1.19 bits per heavy atom. The van der Waals surface area contributed by atoms with E-state index in [0.717, 1.165) is 23.8 Å². The van der Waals surface area contributed by atoms with Gasteiger partial charge in [0.1, 0.15) is 11.5 Å². The van der Waals surface area contributed by atoms with Crippen LogP contribution in [0.4, 0.5) is 15.8 Å². The van der Waals surface area contributed by atoms with Crippen LogP contribution < -0.4 is 14.8 Å². The zero-order valence-corrected chi connectivity index (χ0v) is 10.8. The number of anilines is 1. The molecule has 7 heteroatoms. The number of benzene rings is 2. The average molecular weight is 290 g/mol. The summed E-state index contributed by atoms with van der Waals surface area (Å²) in [6.07, 6.45) is 0. The van der Waals surface area contributed by atoms with Gasteiger partial charge in [0.25, 0.3) is 5.69 Å². The number of nitro benzene ring substituents is 1. The van der Waals surface area contributed by atoms with Gasteiger partial charge in [0.2, 0.25) is 6.79 Å². The molecular weight excluding hydrogens is 279 g/mol. The molecule has 2 aromatic rings. The smallest absolute Gasteiger partial charge is 0.292 e. The van der Waals surface area contributed by atoms with Crippen molar-refractivity contribution in [2.75, 3.05) is 12.1 Å². The Morgan fingerprint density at radius 3 is 2.81 bits per heavy atom. The molecule has 1 N–H and O–H groups in total. The maximum Gasteiger partial charge on any atom is 0.292 e. The molecule has 0 saturated carbocycles. The van der Waals surface area contributed by atoms with Crippen LogP contribution >= 0.6 is 0 Å². The van der Waals surface area contributed by atoms with Crippen molar-refractivity contribution < 1.29 is 18.8 Å². The van der Waals surface area contributed by atoms with Crippen LogP contribution in [0.5, 0.6) is 11.5 Å². The lowest BCUT2D eigenvalue weighted by Crippen LogP contribution is -2.03. The first kappa shape index (κ1) is 13.2. The van der Waals surface area contributed by atoms with Gasteiger partial charge in [-0.1, -0.05) is 6.07 Å². The lowest BCUT2D eigenvalue weighted by Gasteiger charge is -2.08. The highest BCUT2D eigenvalue weighted by atomic mass is 19.1. The first-order chi connectivity index (χ1) is 10.1. The molecule has 0 atom stereocenters. The molecule has 0 saturated heterocycles. The van der Waals surface area contributed by atoms with Crippen molar-refractivity contribution in [2.24, 2.45) is 0 Å². The van der Waals surface area contributed by atoms with Crippen LogP contribution in [-0.2, 0) is 6.54 Å². The molecule has 0 spiro atoms. The molecule has 3 rings (SSSR count). The van der Waals surface area contributed by atoms with Crippen LogP contribution in [0.1, 0.15) is 5.56 Å². The van der Waals surface area contributed by atoms with E-state index in [0.29, 0.717) is 18.0 Å². The third-order valence-electron chi connectivity index (χ3n) is 3.08. The van der Waals surface area contributed by atoms with E-state index < -0.39 is 10.7 Å². The minimum absolute atomic E-state index is 0.137. The lowest BCUT2D eigenvalue weighted by atomic mass is 10.2. The van der Waals surface area contributed by atoms with E-state index in [9.17, 15) is 14.5 Å². The summed E-state index contributed by atoms with van der Waals surface area (Å²) in [4.78, 5) is 10.4. The van der Waals surface area contributed by atoms with E-state index in [2.05, 4.69) is 5.32 Å². The summed E-state index contributed by atoms with van der Waals surface area (Å²) in [6.45, 7) is 0.489. The number of nitrogens with zero attached hydrogens (tertiary/aromatic N) is 1. The minimum Gasteiger partial charge on any atom is -0.454 e. The third kappa shape index (κ3) is 2.71. The molecule has 0 aromatic heterocycles. The molecule has 0 unspecified atom stereocenters. The number of nitro groups is 1. The predicted octanol–water partition coefficient (Wildman–Crippen LogP) is 3.07. The summed E-state index contributed by atoms with van der Waals surface area (Å²) in [5.74, 6) is 0.757. The minimum atomic E-state index is -0.554. The van der Waals surface area contributed by atoms with Gasteiger partial charge >= 0.3 is 0 Å². The van der Waals surface area contributed by atoms with E-state index >= 15 is 0 Å². The van der Waals surface area contributed by atoms with Crippen molar-refractivity contribution in [1.29, 1.82) is 0 Å². The Hall–Kier alpha value is -2.83. The fourth-order valence-electron chi connectivity index (χ4n) is 2.06. The Bertz CT molecular complexity index is 705. The lowest BCUT2D eigenvalue weighted by molar-refractivity contribution is -0.384. The van der Waals surface area contributed by atoms with Gasteiger partial charge in [0, 0.05) is 18.7 Å². The van der Waals surface area contributed by atoms with Crippen molar-refractivity contribution >= 4 is 11.4 Å². The molecule has 1 heterocycles. The quantitative estimate of drug-likeness (QED) is 0.692. The Morgan fingerprint density at radius 2 is 2.00 bits per heavy atom. The van der Waals surface area contributed by atoms with Crippen molar-refractivity contribution in [1.82, 2.24) is 0 Å². The second-order valence-electron chi connectivity index (χ2n) is 4.46. The molecule has 2 aromatic carbocycles. The van der Waals surface area contributed by atoms with E-state index in [1.807, 2.05) is 6.07 Å². The van der Waals surface area contributed by atoms with Crippen LogP contribution in [0, 0.1) is 15.9 Å². The van der Waals surface area contributed by atoms with Crippen molar-refractivity contribution in [3.63, 3.8) is 0 Å². The van der Waals surface area contributed by atoms with Gasteiger partial charge in [-0.25, -0.2) is 4.39 Å². The number of rotatable bonds is 4. The summed E-state index contributed by atoms with van der Waals surface area (Å²) < 4.78 is 23.7. The largest absolute Gasteiger partial charge is 0.454 e. The summed E-state index contributed by atoms with van der Waals surface area (Å²) >= 11 is 0. The zero-order chi connectivity index (χ0) is 14.8. The monoisotopic (exact) mass is 290 g/mol. The summed E-state index contributed by atoms with van der Waals surface area (Å²) in [6, 6.07) is 8.65. The maximum atomic E-state index is 13.2. The van der Waals surface area contributed by atoms with Gasteiger partial charge < -0.3 is 14.8 Å². The standard InChI is InChI=1S/C14H11FN2O4/c15-10-2-3-12(17(18)19)11(6-10)16-7-9-1-4-13-14(5-9)21-8-20-13/h1-6,16H,7-8H2. The molecule has 0 aliphatic carbocycles. The highest BCUT2D eigenvalue weighted by molar-refractivity contribution is 5.61. The molecule has 1 aliphatic heterocycles. The number of fused-ring (bicyclic) bond motifs is 1. The first-order valence-corrected chi connectivity index (χ1v) is 6.20. The van der Waals surface area contributed by atoms with Crippen LogP contribution in [-0.4, -0.2) is 11.7 Å². The van der Waals surface area contributed by atoms with E-state index in [4.69, 9.17) is 9.47 Å². The van der Waals surface area contributed by atoms with Gasteiger partial charge in [-0.2, -0.15) is 0 Å². The second-order valence-corrected chi connectivity index (χ2v) is 4.46. The zero-order valence-electron chi connectivity index (χ0n) is 10.8. The van der Waals surface area contributed by atoms with E-state index in [1.165, 1.54) is 0 Å². The normalized spacial score (nSPS) is 12.2. The Kier molecular flexibility index (Phi) is 3.31. The number of hydrogen-bond acceptors (Lipinski definition) is 5. The van der Waals surface area contributed by atoms with Crippen molar-refractivity contribution in [3.8, 4) is 11.5 Å². The van der Waals surface area contributed by atoms with Gasteiger partial charge in [-0.05, 0) is 23.8 Å². The van der Waals surface area contributed by atoms with Gasteiger partial charge in [0.15, 0.2) is 11.5 Å². The topological polar surface area (TPSA) is 73.6 Å². The summed E-state index contributed by atoms with van der Waals surface area (Å²) in [5.41, 5.74) is 0.813. The molecule has 0 radical (unpaired) electrons. The second kappa shape index (κ2) is 5.28. The molecule has 108 valence electrons. The number of ether oxygens (including phenoxy) is 2. The SMILES string of the molecule is O=[N+]([O-])c1ccc(F)cc1NCc1ccc2c(c1)OCO2. The molecule has 0 amide bonds. The van der Waals surface area contributed by atoms with Crippen LogP contribution in [0.15, 0.2) is 36.4 Å². The molecule has 0 fully saturated rings. The predicted molar refractivity (Wildman–Crippen MR) is 72.9 cm³/mol. The summed E-state index contributed by atoms with van der Waals surface area (Å²) in [5, 5.41) is 13.8. The Labute approximate surface area is 119 Å². The highest BCUT2D eigenvalue weighted by Crippen LogP contribution is 2.33. The van der Waals surface area contributed by atoms with Crippen molar-refractivity contribution in [3.05, 3.63) is 57.9 Å². The van der Waals surface area contributed by atoms with Gasteiger partial charge in [0.05, 0.1) is 4.92 Å². The number of nitrogens with one attached hydrogen (secondary N) is 1. The average Bonchev–Trinajstić information content (AvgIpc) is 2.92. The van der Waals surface area contributed by atoms with Gasteiger partial charge in [-0.3, -0.25) is 10.1 Å². The Balaban J connectivity index is 1.78. The molecule has 0 bridgehead atoms. The van der Waals surface area contributed by atoms with Crippen LogP contribution in [0.3, 0.4) is 0 Å². The highest BCUT2D eigenvalue weighted by Gasteiger charge is 2.16. The molecule has 1 aliphatic rings. The van der Waals surface area contributed by atoms with E-state index in [1.54, 1.807) is 12.1 Å². The fourth-order valence-corrected chi connectivity index (χ4v) is 2.06. The molecule has 21 heavy (non-hydrogen) atoms. The van der Waals surface area contributed by atoms with E-state index in [-0.39, 0.29) is 18.2 Å².